The van der Waals surface area contributed by atoms with Crippen LogP contribution in [-0.2, 0) is 6.42 Å². The smallest absolute Gasteiger partial charge is 0.150 e. The largest absolute Gasteiger partial charge is 0.399 e. The molecular formula is C14H15BrN4S2. The fourth-order valence-corrected chi connectivity index (χ4v) is 4.57. The van der Waals surface area contributed by atoms with E-state index in [4.69, 9.17) is 11.5 Å². The molecule has 2 aromatic rings. The van der Waals surface area contributed by atoms with Gasteiger partial charge in [0.05, 0.1) is 10.2 Å². The predicted octanol–water partition coefficient (Wildman–Crippen LogP) is 2.94. The molecule has 2 heterocycles. The summed E-state index contributed by atoms with van der Waals surface area (Å²) in [5.74, 6) is 0. The Morgan fingerprint density at radius 2 is 2.29 bits per heavy atom. The minimum Gasteiger partial charge on any atom is -0.399 e. The highest BCUT2D eigenvalue weighted by Crippen LogP contribution is 2.34. The van der Waals surface area contributed by atoms with Crippen molar-refractivity contribution in [3.05, 3.63) is 46.2 Å². The van der Waals surface area contributed by atoms with Gasteiger partial charge < -0.3 is 16.8 Å². The minimum atomic E-state index is -0.741. The monoisotopic (exact) mass is 382 g/mol. The Hall–Kier alpha value is -1.02. The zero-order chi connectivity index (χ0) is 15.0. The average molecular weight is 383 g/mol. The number of rotatable bonds is 3. The van der Waals surface area contributed by atoms with Gasteiger partial charge in [-0.15, -0.1) is 11.3 Å². The molecule has 3 rings (SSSR count). The molecule has 0 aliphatic carbocycles. The lowest BCUT2D eigenvalue weighted by Gasteiger charge is -2.32. The van der Waals surface area contributed by atoms with E-state index in [1.54, 1.807) is 23.1 Å². The molecule has 21 heavy (non-hydrogen) atoms. The number of nitrogens with one attached hydrogen (secondary N) is 1. The molecule has 0 fully saturated rings. The van der Waals surface area contributed by atoms with Crippen LogP contribution in [0.2, 0.25) is 0 Å². The fourth-order valence-electron chi connectivity index (χ4n) is 2.27. The van der Waals surface area contributed by atoms with E-state index < -0.39 is 5.66 Å². The van der Waals surface area contributed by atoms with Gasteiger partial charge in [-0.05, 0) is 58.2 Å². The molecule has 7 heteroatoms. The molecule has 0 amide bonds. The van der Waals surface area contributed by atoms with Gasteiger partial charge >= 0.3 is 0 Å². The number of fused-ring (bicyclic) bond motifs is 1. The fraction of sp³-hybridized carbons (Fsp3) is 0.214. The summed E-state index contributed by atoms with van der Waals surface area (Å²) in [5.41, 5.74) is 14.4. The van der Waals surface area contributed by atoms with Crippen molar-refractivity contribution < 1.29 is 0 Å². The van der Waals surface area contributed by atoms with Gasteiger partial charge in [0.25, 0.3) is 0 Å². The summed E-state index contributed by atoms with van der Waals surface area (Å²) in [4.78, 5) is 4.59. The van der Waals surface area contributed by atoms with Gasteiger partial charge in [-0.3, -0.25) is 0 Å². The summed E-state index contributed by atoms with van der Waals surface area (Å²) >= 11 is 6.95. The van der Waals surface area contributed by atoms with Crippen LogP contribution in [0.5, 0.6) is 0 Å². The number of dihydropyridines is 1. The van der Waals surface area contributed by atoms with Crippen molar-refractivity contribution in [3.8, 4) is 0 Å². The third-order valence-electron chi connectivity index (χ3n) is 3.37. The maximum atomic E-state index is 6.37. The Bertz CT molecular complexity index is 753. The molecular weight excluding hydrogens is 368 g/mol. The van der Waals surface area contributed by atoms with Crippen molar-refractivity contribution in [1.29, 1.82) is 0 Å². The first-order chi connectivity index (χ1) is 10.0. The zero-order valence-corrected chi connectivity index (χ0v) is 14.6. The average Bonchev–Trinajstić information content (AvgIpc) is 2.86. The van der Waals surface area contributed by atoms with Crippen LogP contribution in [0.15, 0.2) is 45.0 Å². The van der Waals surface area contributed by atoms with Gasteiger partial charge in [0, 0.05) is 16.6 Å². The lowest BCUT2D eigenvalue weighted by atomic mass is 9.95. The van der Waals surface area contributed by atoms with Crippen molar-refractivity contribution in [2.75, 3.05) is 6.26 Å². The number of thioether (sulfide) groups is 1. The molecule has 1 aromatic carbocycles. The molecule has 110 valence electrons. The molecule has 0 radical (unpaired) electrons. The molecule has 4 nitrogen and oxygen atoms in total. The summed E-state index contributed by atoms with van der Waals surface area (Å²) in [6, 6.07) is 4.20. The molecule has 1 aliphatic rings. The summed E-state index contributed by atoms with van der Waals surface area (Å²) in [5, 5.41) is 3.15. The number of allylic oxidation sites excluding steroid dienone is 2. The number of aromatic nitrogens is 1. The van der Waals surface area contributed by atoms with E-state index in [9.17, 15) is 0 Å². The summed E-state index contributed by atoms with van der Waals surface area (Å²) in [6.07, 6.45) is 8.16. The minimum absolute atomic E-state index is 0.612. The molecule has 0 bridgehead atoms. The van der Waals surface area contributed by atoms with Crippen LogP contribution in [0.25, 0.3) is 10.2 Å². The first-order valence-electron chi connectivity index (χ1n) is 6.34. The predicted molar refractivity (Wildman–Crippen MR) is 94.3 cm³/mol. The molecule has 0 saturated carbocycles. The first kappa shape index (κ1) is 14.9. The van der Waals surface area contributed by atoms with Crippen molar-refractivity contribution >= 4 is 49.2 Å². The topological polar surface area (TPSA) is 77.0 Å². The number of benzene rings is 1. The Kier molecular flexibility index (Phi) is 4.00. The molecule has 1 aliphatic heterocycles. The molecule has 5 N–H and O–H groups in total. The SMILES string of the molecule is CSc1nc2c(Br)cc(CC3(N)NC=CC=C3N)cc2s1. The van der Waals surface area contributed by atoms with E-state index in [1.807, 2.05) is 24.6 Å². The normalized spacial score (nSPS) is 21.4. The second kappa shape index (κ2) is 5.64. The quantitative estimate of drug-likeness (QED) is 0.711. The second-order valence-electron chi connectivity index (χ2n) is 4.88. The van der Waals surface area contributed by atoms with Gasteiger partial charge in [-0.25, -0.2) is 4.98 Å². The zero-order valence-electron chi connectivity index (χ0n) is 11.4. The standard InChI is InChI=1S/C14H15BrN4S2/c1-20-13-19-12-9(15)5-8(6-10(12)21-13)7-14(17)11(16)3-2-4-18-14/h2-6,18H,7,16-17H2,1H3. The van der Waals surface area contributed by atoms with Crippen LogP contribution >= 0.6 is 39.0 Å². The molecule has 1 atom stereocenters. The lowest BCUT2D eigenvalue weighted by molar-refractivity contribution is 0.433. The summed E-state index contributed by atoms with van der Waals surface area (Å²) in [6.45, 7) is 0. The Morgan fingerprint density at radius 1 is 1.48 bits per heavy atom. The molecule has 0 saturated heterocycles. The second-order valence-corrected chi connectivity index (χ2v) is 7.82. The van der Waals surface area contributed by atoms with Gasteiger partial charge in [-0.2, -0.15) is 0 Å². The van der Waals surface area contributed by atoms with Gasteiger partial charge in [0.1, 0.15) is 5.66 Å². The third kappa shape index (κ3) is 2.83. The maximum Gasteiger partial charge on any atom is 0.150 e. The van der Waals surface area contributed by atoms with Crippen LogP contribution in [-0.4, -0.2) is 16.9 Å². The van der Waals surface area contributed by atoms with Crippen molar-refractivity contribution in [3.63, 3.8) is 0 Å². The lowest BCUT2D eigenvalue weighted by Crippen LogP contribution is -2.57. The van der Waals surface area contributed by atoms with E-state index in [0.717, 1.165) is 24.6 Å². The number of hydrogen-bond donors (Lipinski definition) is 3. The van der Waals surface area contributed by atoms with Gasteiger partial charge in [0.2, 0.25) is 0 Å². The van der Waals surface area contributed by atoms with E-state index >= 15 is 0 Å². The number of nitrogens with zero attached hydrogens (tertiary/aromatic N) is 1. The van der Waals surface area contributed by atoms with Crippen molar-refractivity contribution in [2.24, 2.45) is 11.5 Å². The van der Waals surface area contributed by atoms with E-state index in [2.05, 4.69) is 38.4 Å². The number of hydrogen-bond acceptors (Lipinski definition) is 6. The van der Waals surface area contributed by atoms with Gasteiger partial charge in [0.15, 0.2) is 4.34 Å². The van der Waals surface area contributed by atoms with E-state index in [1.165, 1.54) is 0 Å². The third-order valence-corrected chi connectivity index (χ3v) is 5.97. The van der Waals surface area contributed by atoms with Crippen LogP contribution in [0.4, 0.5) is 0 Å². The number of nitrogens with two attached hydrogens (primary N) is 2. The highest BCUT2D eigenvalue weighted by atomic mass is 79.9. The molecule has 1 unspecified atom stereocenters. The Morgan fingerprint density at radius 3 is 3.00 bits per heavy atom. The van der Waals surface area contributed by atoms with Crippen LogP contribution in [0.3, 0.4) is 0 Å². The number of thiazole rings is 1. The van der Waals surface area contributed by atoms with Crippen LogP contribution in [0.1, 0.15) is 5.56 Å². The Labute approximate surface area is 139 Å². The van der Waals surface area contributed by atoms with Gasteiger partial charge in [-0.1, -0.05) is 11.8 Å². The van der Waals surface area contributed by atoms with Crippen molar-refractivity contribution in [2.45, 2.75) is 16.4 Å². The summed E-state index contributed by atoms with van der Waals surface area (Å²) in [7, 11) is 0. The van der Waals surface area contributed by atoms with Crippen LogP contribution < -0.4 is 16.8 Å². The van der Waals surface area contributed by atoms with E-state index in [-0.39, 0.29) is 0 Å². The summed E-state index contributed by atoms with van der Waals surface area (Å²) < 4.78 is 3.20. The molecule has 1 aromatic heterocycles. The maximum absolute atomic E-state index is 6.37. The Balaban J connectivity index is 1.98. The number of halogens is 1. The van der Waals surface area contributed by atoms with Crippen molar-refractivity contribution in [1.82, 2.24) is 10.3 Å². The molecule has 0 spiro atoms. The first-order valence-corrected chi connectivity index (χ1v) is 9.17. The van der Waals surface area contributed by atoms with Crippen LogP contribution in [0, 0.1) is 0 Å². The highest BCUT2D eigenvalue weighted by Gasteiger charge is 2.28. The van der Waals surface area contributed by atoms with E-state index in [0.29, 0.717) is 12.1 Å². The highest BCUT2D eigenvalue weighted by molar-refractivity contribution is 9.10.